The van der Waals surface area contributed by atoms with E-state index in [1.807, 2.05) is 86.6 Å². The largest absolute Gasteiger partial charge is 0.481 e. The van der Waals surface area contributed by atoms with E-state index >= 15 is 0 Å². The maximum absolute atomic E-state index is 14.0. The Morgan fingerprint density at radius 2 is 1.53 bits per heavy atom. The summed E-state index contributed by atoms with van der Waals surface area (Å²) in [6.07, 6.45) is 0.707. The fourth-order valence-corrected chi connectivity index (χ4v) is 5.32. The van der Waals surface area contributed by atoms with Crippen molar-refractivity contribution >= 4 is 34.6 Å². The van der Waals surface area contributed by atoms with Crippen LogP contribution in [-0.2, 0) is 38.6 Å². The maximum atomic E-state index is 14.0. The van der Waals surface area contributed by atoms with Gasteiger partial charge in [-0.15, -0.1) is 0 Å². The zero-order valence-corrected chi connectivity index (χ0v) is 26.4. The molecule has 1 aromatic heterocycles. The summed E-state index contributed by atoms with van der Waals surface area (Å²) in [5, 5.41) is 29.9. The van der Waals surface area contributed by atoms with Gasteiger partial charge in [0.1, 0.15) is 18.7 Å². The Kier molecular flexibility index (Phi) is 12.5. The number of carboxylic acids is 1. The number of ether oxygens (including phenoxy) is 1. The molecule has 248 valence electrons. The molecule has 0 aliphatic carbocycles. The first-order valence-corrected chi connectivity index (χ1v) is 15.5. The van der Waals surface area contributed by atoms with Crippen molar-refractivity contribution in [1.82, 2.24) is 25.9 Å². The van der Waals surface area contributed by atoms with Crippen LogP contribution in [0.3, 0.4) is 0 Å². The minimum atomic E-state index is -1.35. The second kappa shape index (κ2) is 16.9. The van der Waals surface area contributed by atoms with Gasteiger partial charge in [-0.1, -0.05) is 86.6 Å². The van der Waals surface area contributed by atoms with Gasteiger partial charge >= 0.3 is 12.1 Å². The lowest BCUT2D eigenvalue weighted by Crippen LogP contribution is -2.57. The number of nitrogens with zero attached hydrogens (tertiary/aromatic N) is 1. The van der Waals surface area contributed by atoms with Crippen molar-refractivity contribution in [1.29, 1.82) is 0 Å². The third kappa shape index (κ3) is 10.7. The Morgan fingerprint density at radius 3 is 2.23 bits per heavy atom. The first kappa shape index (κ1) is 34.6. The molecule has 0 spiro atoms. The molecule has 0 fully saturated rings. The lowest BCUT2D eigenvalue weighted by Gasteiger charge is -2.28. The number of rotatable bonds is 16. The van der Waals surface area contributed by atoms with E-state index in [2.05, 4.69) is 25.9 Å². The molecular formula is C35H41N5O7. The summed E-state index contributed by atoms with van der Waals surface area (Å²) in [6, 6.07) is 19.3. The second-order valence-corrected chi connectivity index (χ2v) is 11.8. The van der Waals surface area contributed by atoms with E-state index in [1.54, 1.807) is 6.20 Å². The van der Waals surface area contributed by atoms with Crippen LogP contribution in [0.25, 0.3) is 10.8 Å². The monoisotopic (exact) mass is 643 g/mol. The van der Waals surface area contributed by atoms with Gasteiger partial charge in [-0.05, 0) is 34.2 Å². The van der Waals surface area contributed by atoms with Crippen molar-refractivity contribution in [3.05, 3.63) is 102 Å². The molecular weight excluding hydrogens is 602 g/mol. The number of carbonyl (C=O) groups is 4. The van der Waals surface area contributed by atoms with Crippen LogP contribution in [0.1, 0.15) is 43.5 Å². The molecule has 0 unspecified atom stereocenters. The first-order valence-electron chi connectivity index (χ1n) is 15.5. The van der Waals surface area contributed by atoms with Crippen molar-refractivity contribution < 1.29 is 34.1 Å². The average molecular weight is 644 g/mol. The van der Waals surface area contributed by atoms with E-state index in [1.165, 1.54) is 6.33 Å². The number of fused-ring (bicyclic) bond motifs is 1. The summed E-state index contributed by atoms with van der Waals surface area (Å²) < 4.78 is 5.42. The standard InChI is InChI=1S/C35H41N5O7/c1-22(2)15-28(31(41)18-32(42)43)38-34(45)30(17-26-19-36-21-37-26)39-33(44)29(40-35(46)47-20-23-9-4-3-5-10-23)16-25-13-8-12-24-11-6-7-14-27(24)25/h3-14,19,21-22,28-31,41H,15-18,20H2,1-2H3,(H,36,37)(H,38,45)(H,39,44)(H,40,46)(H,42,43)/t28-,29-,30-,31-/m0/s1. The lowest BCUT2D eigenvalue weighted by atomic mass is 9.96. The summed E-state index contributed by atoms with van der Waals surface area (Å²) >= 11 is 0. The molecule has 12 heteroatoms. The Morgan fingerprint density at radius 1 is 0.851 bits per heavy atom. The Balaban J connectivity index is 1.58. The fraction of sp³-hybridized carbons (Fsp3) is 0.343. The number of amides is 3. The van der Waals surface area contributed by atoms with Gasteiger partial charge in [0.15, 0.2) is 0 Å². The minimum absolute atomic E-state index is 0.00458. The van der Waals surface area contributed by atoms with Crippen LogP contribution in [0.2, 0.25) is 0 Å². The molecule has 12 nitrogen and oxygen atoms in total. The lowest BCUT2D eigenvalue weighted by molar-refractivity contribution is -0.140. The quantitative estimate of drug-likeness (QED) is 0.107. The van der Waals surface area contributed by atoms with E-state index in [0.29, 0.717) is 12.1 Å². The third-order valence-electron chi connectivity index (χ3n) is 7.63. The molecule has 0 bridgehead atoms. The van der Waals surface area contributed by atoms with E-state index in [0.717, 1.165) is 21.9 Å². The molecule has 0 saturated heterocycles. The number of aromatic amines is 1. The predicted octanol–water partition coefficient (Wildman–Crippen LogP) is 3.49. The summed E-state index contributed by atoms with van der Waals surface area (Å²) in [5.41, 5.74) is 2.06. The van der Waals surface area contributed by atoms with Crippen LogP contribution >= 0.6 is 0 Å². The number of nitrogens with one attached hydrogen (secondary N) is 4. The highest BCUT2D eigenvalue weighted by molar-refractivity contribution is 5.93. The van der Waals surface area contributed by atoms with Crippen LogP contribution in [0.15, 0.2) is 85.3 Å². The first-order chi connectivity index (χ1) is 22.6. The zero-order chi connectivity index (χ0) is 33.8. The van der Waals surface area contributed by atoms with E-state index in [4.69, 9.17) is 4.74 Å². The van der Waals surface area contributed by atoms with Crippen LogP contribution in [0.5, 0.6) is 0 Å². The highest BCUT2D eigenvalue weighted by atomic mass is 16.5. The van der Waals surface area contributed by atoms with Crippen molar-refractivity contribution in [2.45, 2.75) is 70.4 Å². The molecule has 4 aromatic rings. The molecule has 6 N–H and O–H groups in total. The number of hydrogen-bond acceptors (Lipinski definition) is 7. The molecule has 47 heavy (non-hydrogen) atoms. The second-order valence-electron chi connectivity index (χ2n) is 11.8. The number of carbonyl (C=O) groups excluding carboxylic acids is 3. The van der Waals surface area contributed by atoms with Gasteiger partial charge in [-0.25, -0.2) is 9.78 Å². The molecule has 3 aromatic carbocycles. The van der Waals surface area contributed by atoms with Crippen LogP contribution in [0, 0.1) is 5.92 Å². The number of benzene rings is 3. The number of H-pyrrole nitrogens is 1. The summed E-state index contributed by atoms with van der Waals surface area (Å²) in [6.45, 7) is 3.77. The van der Waals surface area contributed by atoms with Crippen LogP contribution in [-0.4, -0.2) is 68.3 Å². The van der Waals surface area contributed by atoms with Crippen molar-refractivity contribution in [3.63, 3.8) is 0 Å². The highest BCUT2D eigenvalue weighted by Gasteiger charge is 2.32. The maximum Gasteiger partial charge on any atom is 0.408 e. The topological polar surface area (TPSA) is 183 Å². The Hall–Kier alpha value is -5.23. The number of aliphatic hydroxyl groups excluding tert-OH is 1. The van der Waals surface area contributed by atoms with E-state index in [9.17, 15) is 29.4 Å². The van der Waals surface area contributed by atoms with Crippen molar-refractivity contribution in [2.75, 3.05) is 0 Å². The molecule has 4 atom stereocenters. The number of aromatic nitrogens is 2. The van der Waals surface area contributed by atoms with Crippen LogP contribution < -0.4 is 16.0 Å². The van der Waals surface area contributed by atoms with Gasteiger partial charge < -0.3 is 35.9 Å². The zero-order valence-electron chi connectivity index (χ0n) is 26.4. The summed E-state index contributed by atoms with van der Waals surface area (Å²) in [7, 11) is 0. The number of aliphatic carboxylic acids is 1. The molecule has 4 rings (SSSR count). The molecule has 0 aliphatic heterocycles. The normalized spacial score (nSPS) is 13.7. The van der Waals surface area contributed by atoms with Gasteiger partial charge in [0.05, 0.1) is 30.6 Å². The fourth-order valence-electron chi connectivity index (χ4n) is 5.32. The van der Waals surface area contributed by atoms with E-state index < -0.39 is 54.5 Å². The number of carboxylic acid groups (broad SMARTS) is 1. The van der Waals surface area contributed by atoms with Gasteiger partial charge in [-0.3, -0.25) is 14.4 Å². The number of imidazole rings is 1. The third-order valence-corrected chi connectivity index (χ3v) is 7.63. The SMILES string of the molecule is CC(C)C[C@H](NC(=O)[C@H](Cc1c[nH]cn1)NC(=O)[C@H](Cc1cccc2ccccc12)NC(=O)OCc1ccccc1)[C@@H](O)CC(=O)O. The average Bonchev–Trinajstić information content (AvgIpc) is 3.56. The van der Waals surface area contributed by atoms with Gasteiger partial charge in [-0.2, -0.15) is 0 Å². The van der Waals surface area contributed by atoms with Gasteiger partial charge in [0, 0.05) is 19.0 Å². The Bertz CT molecular complexity index is 1620. The van der Waals surface area contributed by atoms with Crippen molar-refractivity contribution in [2.24, 2.45) is 5.92 Å². The minimum Gasteiger partial charge on any atom is -0.481 e. The molecule has 0 saturated carbocycles. The molecule has 0 radical (unpaired) electrons. The predicted molar refractivity (Wildman–Crippen MR) is 175 cm³/mol. The molecule has 1 heterocycles. The number of alkyl carbamates (subject to hydrolysis) is 1. The summed E-state index contributed by atoms with van der Waals surface area (Å²) in [5.74, 6) is -2.45. The van der Waals surface area contributed by atoms with Crippen LogP contribution in [0.4, 0.5) is 4.79 Å². The summed E-state index contributed by atoms with van der Waals surface area (Å²) in [4.78, 5) is 59.0. The van der Waals surface area contributed by atoms with Crippen molar-refractivity contribution in [3.8, 4) is 0 Å². The van der Waals surface area contributed by atoms with Gasteiger partial charge in [0.25, 0.3) is 0 Å². The number of hydrogen-bond donors (Lipinski definition) is 6. The van der Waals surface area contributed by atoms with Gasteiger partial charge in [0.2, 0.25) is 11.8 Å². The smallest absolute Gasteiger partial charge is 0.408 e. The highest BCUT2D eigenvalue weighted by Crippen LogP contribution is 2.20. The molecule has 3 amide bonds. The number of aliphatic hydroxyl groups is 1. The van der Waals surface area contributed by atoms with E-state index in [-0.39, 0.29) is 25.4 Å². The molecule has 0 aliphatic rings. The Labute approximate surface area is 272 Å².